The van der Waals surface area contributed by atoms with E-state index in [2.05, 4.69) is 198 Å². The Bertz CT molecular complexity index is 3240. The number of nitrogens with zero attached hydrogens (tertiary/aromatic N) is 3. The third-order valence-electron chi connectivity index (χ3n) is 11.2. The third-order valence-corrected chi connectivity index (χ3v) is 11.2. The molecule has 55 heavy (non-hydrogen) atoms. The van der Waals surface area contributed by atoms with Gasteiger partial charge in [0.25, 0.3) is 0 Å². The SMILES string of the molecule is CC(C)n1c2ccccc2c2ccc(-c3ccc(N(c4ccc5c(c4)oc4ccccc45)c4cccc5c4c4ccccc4n5-c4ccccc4)cc3)cc21. The quantitative estimate of drug-likeness (QED) is 0.172. The molecule has 262 valence electrons. The Morgan fingerprint density at radius 3 is 1.87 bits per heavy atom. The van der Waals surface area contributed by atoms with E-state index in [0.717, 1.165) is 50.2 Å². The standard InChI is InChI=1S/C51H37N3O/c1-33(2)52-44-18-9-6-15-39(44)40-29-25-35(31-48(40)52)34-23-26-37(27-24-34)53(38-28-30-42-41-16-8-11-22-49(41)55-50(42)32-38)46-20-12-21-47-51(46)43-17-7-10-19-45(43)54(47)36-13-4-3-5-14-36/h3-33H,1-2H3. The maximum absolute atomic E-state index is 6.46. The maximum atomic E-state index is 6.46. The topological polar surface area (TPSA) is 26.2 Å². The molecular formula is C51H37N3O. The number of furan rings is 1. The van der Waals surface area contributed by atoms with E-state index in [-0.39, 0.29) is 0 Å². The van der Waals surface area contributed by atoms with Gasteiger partial charge in [-0.05, 0) is 97.8 Å². The van der Waals surface area contributed by atoms with Crippen LogP contribution in [-0.2, 0) is 0 Å². The Kier molecular flexibility index (Phi) is 7.02. The van der Waals surface area contributed by atoms with Crippen molar-refractivity contribution in [2.45, 2.75) is 19.9 Å². The molecule has 0 amide bonds. The number of aromatic nitrogens is 2. The van der Waals surface area contributed by atoms with Gasteiger partial charge >= 0.3 is 0 Å². The molecule has 0 aliphatic heterocycles. The summed E-state index contributed by atoms with van der Waals surface area (Å²) in [5.74, 6) is 0. The number of para-hydroxylation sites is 4. The van der Waals surface area contributed by atoms with Gasteiger partial charge < -0.3 is 18.5 Å². The van der Waals surface area contributed by atoms with Crippen molar-refractivity contribution in [2.75, 3.05) is 4.90 Å². The van der Waals surface area contributed by atoms with Crippen molar-refractivity contribution in [3.05, 3.63) is 182 Å². The second-order valence-corrected chi connectivity index (χ2v) is 14.7. The van der Waals surface area contributed by atoms with Gasteiger partial charge in [0.1, 0.15) is 11.2 Å². The molecule has 4 nitrogen and oxygen atoms in total. The fraction of sp³-hybridized carbons (Fsp3) is 0.0588. The number of hydrogen-bond acceptors (Lipinski definition) is 2. The van der Waals surface area contributed by atoms with Gasteiger partial charge in [-0.15, -0.1) is 0 Å². The van der Waals surface area contributed by atoms with Crippen molar-refractivity contribution in [2.24, 2.45) is 0 Å². The van der Waals surface area contributed by atoms with Gasteiger partial charge in [-0.2, -0.15) is 0 Å². The third kappa shape index (κ3) is 4.85. The average molecular weight is 708 g/mol. The molecule has 3 heterocycles. The monoisotopic (exact) mass is 707 g/mol. The lowest BCUT2D eigenvalue weighted by Crippen LogP contribution is -2.10. The summed E-state index contributed by atoms with van der Waals surface area (Å²) in [6.07, 6.45) is 0. The summed E-state index contributed by atoms with van der Waals surface area (Å²) in [4.78, 5) is 2.39. The van der Waals surface area contributed by atoms with Gasteiger partial charge in [0.15, 0.2) is 0 Å². The van der Waals surface area contributed by atoms with E-state index >= 15 is 0 Å². The van der Waals surface area contributed by atoms with Crippen LogP contribution in [0.25, 0.3) is 82.4 Å². The zero-order valence-electron chi connectivity index (χ0n) is 30.6. The zero-order valence-corrected chi connectivity index (χ0v) is 30.6. The first-order valence-electron chi connectivity index (χ1n) is 19.0. The van der Waals surface area contributed by atoms with Crippen LogP contribution in [0.3, 0.4) is 0 Å². The van der Waals surface area contributed by atoms with Crippen LogP contribution < -0.4 is 4.90 Å². The molecule has 11 rings (SSSR count). The summed E-state index contributed by atoms with van der Waals surface area (Å²) in [6.45, 7) is 4.53. The number of anilines is 3. The van der Waals surface area contributed by atoms with Crippen LogP contribution in [0, 0.1) is 0 Å². The summed E-state index contributed by atoms with van der Waals surface area (Å²) < 4.78 is 11.3. The molecule has 0 spiro atoms. The zero-order chi connectivity index (χ0) is 36.6. The molecule has 8 aromatic carbocycles. The normalized spacial score (nSPS) is 12.0. The molecule has 0 fully saturated rings. The van der Waals surface area contributed by atoms with Crippen LogP contribution in [0.4, 0.5) is 17.1 Å². The van der Waals surface area contributed by atoms with Crippen molar-refractivity contribution in [1.82, 2.24) is 9.13 Å². The lowest BCUT2D eigenvalue weighted by Gasteiger charge is -2.27. The summed E-state index contributed by atoms with van der Waals surface area (Å²) >= 11 is 0. The van der Waals surface area contributed by atoms with E-state index in [0.29, 0.717) is 6.04 Å². The highest BCUT2D eigenvalue weighted by atomic mass is 16.3. The fourth-order valence-corrected chi connectivity index (χ4v) is 8.86. The highest BCUT2D eigenvalue weighted by Gasteiger charge is 2.22. The Balaban J connectivity index is 1.12. The van der Waals surface area contributed by atoms with Crippen molar-refractivity contribution >= 4 is 82.6 Å². The highest BCUT2D eigenvalue weighted by Crippen LogP contribution is 2.45. The second-order valence-electron chi connectivity index (χ2n) is 14.7. The molecule has 0 radical (unpaired) electrons. The largest absolute Gasteiger partial charge is 0.456 e. The molecular weight excluding hydrogens is 671 g/mol. The van der Waals surface area contributed by atoms with Gasteiger partial charge in [0.2, 0.25) is 0 Å². The Hall–Kier alpha value is -7.04. The number of hydrogen-bond donors (Lipinski definition) is 0. The number of benzene rings is 8. The molecule has 0 saturated heterocycles. The molecule has 4 heteroatoms. The predicted octanol–water partition coefficient (Wildman–Crippen LogP) is 14.5. The minimum atomic E-state index is 0.341. The van der Waals surface area contributed by atoms with Crippen LogP contribution in [0.1, 0.15) is 19.9 Å². The van der Waals surface area contributed by atoms with Crippen LogP contribution in [0.15, 0.2) is 186 Å². The summed E-state index contributed by atoms with van der Waals surface area (Å²) in [7, 11) is 0. The Morgan fingerprint density at radius 2 is 1.05 bits per heavy atom. The van der Waals surface area contributed by atoms with Crippen molar-refractivity contribution in [3.63, 3.8) is 0 Å². The summed E-state index contributed by atoms with van der Waals surface area (Å²) in [5, 5.41) is 7.23. The van der Waals surface area contributed by atoms with Crippen LogP contribution in [0.5, 0.6) is 0 Å². The minimum Gasteiger partial charge on any atom is -0.456 e. The first-order chi connectivity index (χ1) is 27.1. The molecule has 0 atom stereocenters. The maximum Gasteiger partial charge on any atom is 0.137 e. The lowest BCUT2D eigenvalue weighted by atomic mass is 10.0. The first-order valence-corrected chi connectivity index (χ1v) is 19.0. The van der Waals surface area contributed by atoms with Crippen molar-refractivity contribution in [3.8, 4) is 16.8 Å². The van der Waals surface area contributed by atoms with E-state index in [4.69, 9.17) is 4.42 Å². The van der Waals surface area contributed by atoms with Gasteiger partial charge in [-0.3, -0.25) is 0 Å². The fourth-order valence-electron chi connectivity index (χ4n) is 8.86. The predicted molar refractivity (Wildman–Crippen MR) is 232 cm³/mol. The second kappa shape index (κ2) is 12.3. The van der Waals surface area contributed by atoms with E-state index < -0.39 is 0 Å². The van der Waals surface area contributed by atoms with Crippen LogP contribution >= 0.6 is 0 Å². The molecule has 0 aliphatic rings. The molecule has 3 aromatic heterocycles. The first kappa shape index (κ1) is 31.5. The molecule has 11 aromatic rings. The molecule has 0 aliphatic carbocycles. The Morgan fingerprint density at radius 1 is 0.436 bits per heavy atom. The smallest absolute Gasteiger partial charge is 0.137 e. The van der Waals surface area contributed by atoms with E-state index in [1.54, 1.807) is 0 Å². The molecule has 0 saturated carbocycles. The average Bonchev–Trinajstić information content (AvgIpc) is 3.89. The van der Waals surface area contributed by atoms with Crippen LogP contribution in [-0.4, -0.2) is 9.13 Å². The van der Waals surface area contributed by atoms with Crippen LogP contribution in [0.2, 0.25) is 0 Å². The Labute approximate surface area is 318 Å². The summed E-state index contributed by atoms with van der Waals surface area (Å²) in [6, 6.07) is 66.0. The van der Waals surface area contributed by atoms with Gasteiger partial charge in [-0.1, -0.05) is 103 Å². The van der Waals surface area contributed by atoms with E-state index in [9.17, 15) is 0 Å². The lowest BCUT2D eigenvalue weighted by molar-refractivity contribution is 0.642. The highest BCUT2D eigenvalue weighted by molar-refractivity contribution is 6.17. The molecule has 0 unspecified atom stereocenters. The minimum absolute atomic E-state index is 0.341. The molecule has 0 bridgehead atoms. The van der Waals surface area contributed by atoms with Crippen molar-refractivity contribution in [1.29, 1.82) is 0 Å². The van der Waals surface area contributed by atoms with E-state index in [1.807, 2.05) is 12.1 Å². The van der Waals surface area contributed by atoms with Gasteiger partial charge in [0.05, 0.1) is 16.7 Å². The molecule has 0 N–H and O–H groups in total. The van der Waals surface area contributed by atoms with E-state index in [1.165, 1.54) is 49.2 Å². The van der Waals surface area contributed by atoms with Gasteiger partial charge in [-0.25, -0.2) is 0 Å². The van der Waals surface area contributed by atoms with Gasteiger partial charge in [0, 0.05) is 72.5 Å². The number of rotatable bonds is 6. The number of fused-ring (bicyclic) bond motifs is 9. The summed E-state index contributed by atoms with van der Waals surface area (Å²) in [5.41, 5.74) is 13.4. The van der Waals surface area contributed by atoms with Crippen molar-refractivity contribution < 1.29 is 4.42 Å².